The van der Waals surface area contributed by atoms with Gasteiger partial charge in [0.15, 0.2) is 0 Å². The summed E-state index contributed by atoms with van der Waals surface area (Å²) in [7, 11) is 0. The van der Waals surface area contributed by atoms with E-state index >= 15 is 0 Å². The third-order valence-corrected chi connectivity index (χ3v) is 1.90. The minimum absolute atomic E-state index is 0.0778. The molecular formula is C10H16O. The minimum Gasteiger partial charge on any atom is -0.284 e. The number of Topliss-reactive ketones (excluding diaryl/α,β-unsaturated/α-hetero) is 1. The molecule has 0 rings (SSSR count). The lowest BCUT2D eigenvalue weighted by molar-refractivity contribution is -0.121. The second-order valence-electron chi connectivity index (χ2n) is 3.46. The van der Waals surface area contributed by atoms with E-state index in [1.807, 2.05) is 13.8 Å². The molecule has 0 aromatic carbocycles. The Morgan fingerprint density at radius 3 is 2.45 bits per heavy atom. The van der Waals surface area contributed by atoms with Gasteiger partial charge >= 0.3 is 0 Å². The van der Waals surface area contributed by atoms with Gasteiger partial charge in [-0.25, -0.2) is 0 Å². The summed E-state index contributed by atoms with van der Waals surface area (Å²) in [5, 5.41) is 0. The zero-order valence-electron chi connectivity index (χ0n) is 7.61. The molecule has 0 unspecified atom stereocenters. The third kappa shape index (κ3) is 3.23. The molecule has 1 heteroatoms. The lowest BCUT2D eigenvalue weighted by atomic mass is 9.83. The van der Waals surface area contributed by atoms with Gasteiger partial charge in [-0.15, -0.1) is 6.42 Å². The summed E-state index contributed by atoms with van der Waals surface area (Å²) in [4.78, 5) is 11.1. The predicted molar refractivity (Wildman–Crippen MR) is 47.1 cm³/mol. The Labute approximate surface area is 69.2 Å². The van der Waals surface area contributed by atoms with Gasteiger partial charge in [-0.3, -0.25) is 4.79 Å². The minimum atomic E-state index is -0.315. The van der Waals surface area contributed by atoms with Gasteiger partial charge in [-0.2, -0.15) is 0 Å². The molecule has 0 aliphatic heterocycles. The van der Waals surface area contributed by atoms with Crippen LogP contribution in [0.5, 0.6) is 0 Å². The molecule has 0 aromatic heterocycles. The maximum Gasteiger partial charge on any atom is 0.210 e. The largest absolute Gasteiger partial charge is 0.284 e. The smallest absolute Gasteiger partial charge is 0.210 e. The molecule has 0 atom stereocenters. The van der Waals surface area contributed by atoms with Gasteiger partial charge in [0.05, 0.1) is 0 Å². The van der Waals surface area contributed by atoms with Crippen LogP contribution in [0, 0.1) is 17.8 Å². The molecule has 0 N–H and O–H groups in total. The van der Waals surface area contributed by atoms with E-state index < -0.39 is 0 Å². The quantitative estimate of drug-likeness (QED) is 0.446. The molecule has 0 amide bonds. The Morgan fingerprint density at radius 1 is 1.55 bits per heavy atom. The van der Waals surface area contributed by atoms with Crippen LogP contribution in [0.3, 0.4) is 0 Å². The van der Waals surface area contributed by atoms with Crippen molar-refractivity contribution in [3.05, 3.63) is 0 Å². The SMILES string of the molecule is C#CC(=O)C(C)(C)CCCC. The standard InChI is InChI=1S/C10H16O/c1-5-7-8-10(3,4)9(11)6-2/h2H,5,7-8H2,1,3-4H3. The molecule has 0 spiro atoms. The van der Waals surface area contributed by atoms with Crippen LogP contribution < -0.4 is 0 Å². The Morgan fingerprint density at radius 2 is 2.09 bits per heavy atom. The van der Waals surface area contributed by atoms with Crippen LogP contribution in [0.25, 0.3) is 0 Å². The molecule has 0 saturated carbocycles. The van der Waals surface area contributed by atoms with Crippen LogP contribution in [-0.2, 0) is 4.79 Å². The highest BCUT2D eigenvalue weighted by Crippen LogP contribution is 2.23. The van der Waals surface area contributed by atoms with Crippen molar-refractivity contribution in [3.8, 4) is 12.3 Å². The Hall–Kier alpha value is -0.770. The lowest BCUT2D eigenvalue weighted by Gasteiger charge is -2.18. The normalized spacial score (nSPS) is 10.7. The van der Waals surface area contributed by atoms with Gasteiger partial charge in [0.2, 0.25) is 5.78 Å². The van der Waals surface area contributed by atoms with Crippen LogP contribution in [-0.4, -0.2) is 5.78 Å². The van der Waals surface area contributed by atoms with Crippen molar-refractivity contribution in [2.75, 3.05) is 0 Å². The fraction of sp³-hybridized carbons (Fsp3) is 0.700. The Bertz CT molecular complexity index is 172. The first-order chi connectivity index (χ1) is 5.04. The maximum absolute atomic E-state index is 11.1. The van der Waals surface area contributed by atoms with E-state index in [-0.39, 0.29) is 11.2 Å². The van der Waals surface area contributed by atoms with Crippen molar-refractivity contribution in [1.29, 1.82) is 0 Å². The summed E-state index contributed by atoms with van der Waals surface area (Å²) in [6.07, 6.45) is 8.11. The molecule has 0 radical (unpaired) electrons. The van der Waals surface area contributed by atoms with Crippen molar-refractivity contribution in [2.45, 2.75) is 40.0 Å². The number of unbranched alkanes of at least 4 members (excludes halogenated alkanes) is 1. The zero-order chi connectivity index (χ0) is 8.91. The predicted octanol–water partition coefficient (Wildman–Crippen LogP) is 2.41. The van der Waals surface area contributed by atoms with E-state index in [0.717, 1.165) is 19.3 Å². The molecule has 62 valence electrons. The Balaban J connectivity index is 4.01. The van der Waals surface area contributed by atoms with Gasteiger partial charge in [-0.05, 0) is 12.3 Å². The summed E-state index contributed by atoms with van der Waals surface area (Å²) in [6.45, 7) is 5.92. The fourth-order valence-electron chi connectivity index (χ4n) is 0.928. The summed E-state index contributed by atoms with van der Waals surface area (Å²) >= 11 is 0. The molecule has 11 heavy (non-hydrogen) atoms. The topological polar surface area (TPSA) is 17.1 Å². The van der Waals surface area contributed by atoms with E-state index in [9.17, 15) is 4.79 Å². The fourth-order valence-corrected chi connectivity index (χ4v) is 0.928. The van der Waals surface area contributed by atoms with E-state index in [0.29, 0.717) is 0 Å². The van der Waals surface area contributed by atoms with Gasteiger partial charge < -0.3 is 0 Å². The number of hydrogen-bond acceptors (Lipinski definition) is 1. The highest BCUT2D eigenvalue weighted by molar-refractivity contribution is 5.98. The van der Waals surface area contributed by atoms with Gasteiger partial charge in [0.1, 0.15) is 0 Å². The van der Waals surface area contributed by atoms with Crippen LogP contribution in [0.15, 0.2) is 0 Å². The van der Waals surface area contributed by atoms with Crippen molar-refractivity contribution >= 4 is 5.78 Å². The highest BCUT2D eigenvalue weighted by Gasteiger charge is 2.24. The van der Waals surface area contributed by atoms with Gasteiger partial charge in [0.25, 0.3) is 0 Å². The number of carbonyl (C=O) groups excluding carboxylic acids is 1. The monoisotopic (exact) mass is 152 g/mol. The molecule has 0 aliphatic carbocycles. The number of terminal acetylenes is 1. The molecule has 1 nitrogen and oxygen atoms in total. The molecule has 0 heterocycles. The number of ketones is 1. The second kappa shape index (κ2) is 4.18. The van der Waals surface area contributed by atoms with E-state index in [4.69, 9.17) is 6.42 Å². The van der Waals surface area contributed by atoms with Crippen molar-refractivity contribution in [3.63, 3.8) is 0 Å². The van der Waals surface area contributed by atoms with Gasteiger partial charge in [0, 0.05) is 5.41 Å². The number of hydrogen-bond donors (Lipinski definition) is 0. The second-order valence-corrected chi connectivity index (χ2v) is 3.46. The summed E-state index contributed by atoms with van der Waals surface area (Å²) < 4.78 is 0. The lowest BCUT2D eigenvalue weighted by Crippen LogP contribution is -2.22. The summed E-state index contributed by atoms with van der Waals surface area (Å²) in [5.74, 6) is 2.10. The third-order valence-electron chi connectivity index (χ3n) is 1.90. The first-order valence-corrected chi connectivity index (χ1v) is 4.05. The molecule has 0 bridgehead atoms. The van der Waals surface area contributed by atoms with E-state index in [2.05, 4.69) is 12.8 Å². The van der Waals surface area contributed by atoms with Crippen molar-refractivity contribution in [1.82, 2.24) is 0 Å². The summed E-state index contributed by atoms with van der Waals surface area (Å²) in [6, 6.07) is 0. The maximum atomic E-state index is 11.1. The zero-order valence-corrected chi connectivity index (χ0v) is 7.61. The first-order valence-electron chi connectivity index (χ1n) is 4.05. The summed E-state index contributed by atoms with van der Waals surface area (Å²) in [5.41, 5.74) is -0.315. The molecular weight excluding hydrogens is 136 g/mol. The van der Waals surface area contributed by atoms with Crippen molar-refractivity contribution in [2.24, 2.45) is 5.41 Å². The average Bonchev–Trinajstić information content (AvgIpc) is 1.99. The highest BCUT2D eigenvalue weighted by atomic mass is 16.1. The molecule has 0 fully saturated rings. The number of rotatable bonds is 4. The first kappa shape index (κ1) is 10.2. The number of carbonyl (C=O) groups is 1. The van der Waals surface area contributed by atoms with Crippen LogP contribution in [0.4, 0.5) is 0 Å². The molecule has 0 aromatic rings. The molecule has 0 saturated heterocycles. The Kier molecular flexibility index (Phi) is 3.89. The van der Waals surface area contributed by atoms with E-state index in [1.54, 1.807) is 0 Å². The van der Waals surface area contributed by atoms with Gasteiger partial charge in [-0.1, -0.05) is 33.6 Å². The van der Waals surface area contributed by atoms with Crippen LogP contribution in [0.1, 0.15) is 40.0 Å². The van der Waals surface area contributed by atoms with E-state index in [1.165, 1.54) is 0 Å². The van der Waals surface area contributed by atoms with Crippen LogP contribution in [0.2, 0.25) is 0 Å². The van der Waals surface area contributed by atoms with Crippen molar-refractivity contribution < 1.29 is 4.79 Å². The van der Waals surface area contributed by atoms with Crippen LogP contribution >= 0.6 is 0 Å². The molecule has 0 aliphatic rings. The average molecular weight is 152 g/mol.